The van der Waals surface area contributed by atoms with Gasteiger partial charge in [0.15, 0.2) is 5.65 Å². The Labute approximate surface area is 167 Å². The molecule has 0 amide bonds. The zero-order chi connectivity index (χ0) is 21.1. The molecule has 2 N–H and O–H groups in total. The third-order valence-electron chi connectivity index (χ3n) is 3.56. The van der Waals surface area contributed by atoms with E-state index in [9.17, 15) is 9.59 Å². The molecule has 0 atom stereocenters. The number of fused-ring (bicyclic) bond motifs is 1. The van der Waals surface area contributed by atoms with Crippen molar-refractivity contribution in [3.05, 3.63) is 12.5 Å². The molecule has 2 aromatic heterocycles. The zero-order valence-corrected chi connectivity index (χ0v) is 16.4. The van der Waals surface area contributed by atoms with Crippen molar-refractivity contribution in [2.45, 2.75) is 26.7 Å². The number of carbonyl (C=O) groups excluding carboxylic acids is 2. The molecule has 0 fully saturated rings. The fraction of sp³-hybridized carbons (Fsp3) is 0.588. The van der Waals surface area contributed by atoms with E-state index in [1.54, 1.807) is 18.4 Å². The van der Waals surface area contributed by atoms with Crippen LogP contribution in [-0.4, -0.2) is 77.2 Å². The van der Waals surface area contributed by atoms with Crippen molar-refractivity contribution in [1.29, 1.82) is 0 Å². The Morgan fingerprint density at radius 1 is 1.07 bits per heavy atom. The van der Waals surface area contributed by atoms with Gasteiger partial charge in [0.2, 0.25) is 5.95 Å². The fourth-order valence-corrected chi connectivity index (χ4v) is 2.12. The van der Waals surface area contributed by atoms with Crippen LogP contribution in [0, 0.1) is 0 Å². The Hall–Kier alpha value is -2.83. The van der Waals surface area contributed by atoms with Crippen molar-refractivity contribution >= 4 is 29.1 Å². The molecule has 2 heterocycles. The van der Waals surface area contributed by atoms with Gasteiger partial charge in [-0.2, -0.15) is 4.98 Å². The Balaban J connectivity index is 1.93. The maximum atomic E-state index is 11.7. The third-order valence-corrected chi connectivity index (χ3v) is 3.56. The van der Waals surface area contributed by atoms with Gasteiger partial charge in [-0.25, -0.2) is 19.6 Å². The average molecular weight is 411 g/mol. The summed E-state index contributed by atoms with van der Waals surface area (Å²) >= 11 is 0. The second-order valence-corrected chi connectivity index (χ2v) is 5.71. The molecule has 0 aliphatic rings. The van der Waals surface area contributed by atoms with Crippen LogP contribution in [0.2, 0.25) is 0 Å². The summed E-state index contributed by atoms with van der Waals surface area (Å²) in [6, 6.07) is 0. The monoisotopic (exact) mass is 411 g/mol. The van der Waals surface area contributed by atoms with Crippen molar-refractivity contribution in [1.82, 2.24) is 19.5 Å². The van der Waals surface area contributed by atoms with Crippen LogP contribution < -0.4 is 5.73 Å². The van der Waals surface area contributed by atoms with Crippen LogP contribution in [0.5, 0.6) is 0 Å². The number of hydrogen-bond donors (Lipinski definition) is 1. The minimum Gasteiger partial charge on any atom is -0.461 e. The molecule has 0 aliphatic heterocycles. The highest BCUT2D eigenvalue weighted by Gasteiger charge is 2.17. The van der Waals surface area contributed by atoms with E-state index in [1.165, 1.54) is 12.5 Å². The lowest BCUT2D eigenvalue weighted by atomic mass is 10.4. The third kappa shape index (κ3) is 7.60. The summed E-state index contributed by atoms with van der Waals surface area (Å²) in [6.45, 7) is 3.78. The summed E-state index contributed by atoms with van der Waals surface area (Å²) in [4.78, 5) is 35.4. The minimum atomic E-state index is -0.710. The summed E-state index contributed by atoms with van der Waals surface area (Å²) in [5.74, 6) is -0.972. The summed E-state index contributed by atoms with van der Waals surface area (Å²) in [5.41, 5.74) is 6.57. The quantitative estimate of drug-likeness (QED) is 0.440. The molecule has 12 heteroatoms. The number of hydrogen-bond acceptors (Lipinski definition) is 11. The number of ether oxygens (including phenoxy) is 5. The number of nitrogens with two attached hydrogens (primary N) is 1. The van der Waals surface area contributed by atoms with Crippen LogP contribution in [0.3, 0.4) is 0 Å². The van der Waals surface area contributed by atoms with Gasteiger partial charge in [-0.05, 0) is 13.8 Å². The first kappa shape index (κ1) is 22.5. The van der Waals surface area contributed by atoms with Crippen LogP contribution >= 0.6 is 0 Å². The van der Waals surface area contributed by atoms with E-state index in [0.29, 0.717) is 24.4 Å². The first-order chi connectivity index (χ1) is 14.0. The molecule has 160 valence electrons. The Kier molecular flexibility index (Phi) is 9.21. The maximum absolute atomic E-state index is 11.7. The van der Waals surface area contributed by atoms with Gasteiger partial charge in [-0.3, -0.25) is 0 Å². The van der Waals surface area contributed by atoms with Gasteiger partial charge in [0.05, 0.1) is 12.5 Å². The molecule has 0 radical (unpaired) electrons. The first-order valence-corrected chi connectivity index (χ1v) is 9.05. The fourth-order valence-electron chi connectivity index (χ4n) is 2.12. The normalized spacial score (nSPS) is 11.1. The summed E-state index contributed by atoms with van der Waals surface area (Å²) < 4.78 is 27.6. The predicted molar refractivity (Wildman–Crippen MR) is 99.5 cm³/mol. The maximum Gasteiger partial charge on any atom is 0.332 e. The smallest absolute Gasteiger partial charge is 0.332 e. The standard InChI is InChI=1S/C17H25N5O7/c1-3-25-8-14(23)27-6-12(7-28-15(24)9-26-4-2)29-11-22-10-20-16-13(22)5-19-17(18)21-16/h5,10,12H,3-4,6-9,11H2,1-2H3,(H2,18,19,21). The molecule has 12 nitrogen and oxygen atoms in total. The van der Waals surface area contributed by atoms with Crippen molar-refractivity contribution < 1.29 is 33.3 Å². The highest BCUT2D eigenvalue weighted by Crippen LogP contribution is 2.11. The van der Waals surface area contributed by atoms with Gasteiger partial charge in [0.25, 0.3) is 0 Å². The summed E-state index contributed by atoms with van der Waals surface area (Å²) in [5, 5.41) is 0. The zero-order valence-electron chi connectivity index (χ0n) is 16.4. The number of imidazole rings is 1. The number of esters is 2. The number of carbonyl (C=O) groups is 2. The van der Waals surface area contributed by atoms with E-state index >= 15 is 0 Å². The molecule has 0 saturated carbocycles. The molecule has 2 rings (SSSR count). The average Bonchev–Trinajstić information content (AvgIpc) is 3.11. The number of nitrogen functional groups attached to an aromatic ring is 1. The predicted octanol–water partition coefficient (Wildman–Crippen LogP) is -0.0894. The number of nitrogens with zero attached hydrogens (tertiary/aromatic N) is 4. The lowest BCUT2D eigenvalue weighted by molar-refractivity contribution is -0.162. The SMILES string of the molecule is CCOCC(=O)OCC(COC(=O)COCC)OCn1cnc2nc(N)ncc21. The van der Waals surface area contributed by atoms with Gasteiger partial charge in [-0.15, -0.1) is 0 Å². The highest BCUT2D eigenvalue weighted by molar-refractivity contribution is 5.71. The van der Waals surface area contributed by atoms with E-state index < -0.39 is 18.0 Å². The van der Waals surface area contributed by atoms with E-state index in [2.05, 4.69) is 15.0 Å². The molecule has 0 unspecified atom stereocenters. The summed E-state index contributed by atoms with van der Waals surface area (Å²) in [7, 11) is 0. The lowest BCUT2D eigenvalue weighted by Gasteiger charge is -2.18. The Bertz CT molecular complexity index is 774. The lowest BCUT2D eigenvalue weighted by Crippen LogP contribution is -2.31. The van der Waals surface area contributed by atoms with Crippen molar-refractivity contribution in [3.63, 3.8) is 0 Å². The molecular weight excluding hydrogens is 386 g/mol. The summed E-state index contributed by atoms with van der Waals surface area (Å²) in [6.07, 6.45) is 2.32. The Morgan fingerprint density at radius 3 is 2.28 bits per heavy atom. The van der Waals surface area contributed by atoms with Gasteiger partial charge in [-0.1, -0.05) is 0 Å². The molecule has 2 aromatic rings. The van der Waals surface area contributed by atoms with E-state index in [-0.39, 0.29) is 39.1 Å². The second kappa shape index (κ2) is 11.9. The molecule has 0 saturated heterocycles. The van der Waals surface area contributed by atoms with Gasteiger partial charge in [0.1, 0.15) is 44.8 Å². The van der Waals surface area contributed by atoms with Crippen LogP contribution in [0.25, 0.3) is 11.2 Å². The molecule has 0 spiro atoms. The molecule has 0 aliphatic carbocycles. The number of rotatable bonds is 13. The van der Waals surface area contributed by atoms with Crippen LogP contribution in [-0.2, 0) is 40.0 Å². The van der Waals surface area contributed by atoms with E-state index in [0.717, 1.165) is 0 Å². The second-order valence-electron chi connectivity index (χ2n) is 5.71. The minimum absolute atomic E-state index is 0.0421. The topological polar surface area (TPSA) is 150 Å². The molecule has 29 heavy (non-hydrogen) atoms. The largest absolute Gasteiger partial charge is 0.461 e. The van der Waals surface area contributed by atoms with Gasteiger partial charge < -0.3 is 34.0 Å². The molecule has 0 aromatic carbocycles. The highest BCUT2D eigenvalue weighted by atomic mass is 16.6. The van der Waals surface area contributed by atoms with Crippen molar-refractivity contribution in [2.24, 2.45) is 0 Å². The van der Waals surface area contributed by atoms with Crippen molar-refractivity contribution in [2.75, 3.05) is 45.4 Å². The van der Waals surface area contributed by atoms with Crippen molar-refractivity contribution in [3.8, 4) is 0 Å². The van der Waals surface area contributed by atoms with Gasteiger partial charge >= 0.3 is 11.9 Å². The van der Waals surface area contributed by atoms with Crippen LogP contribution in [0.15, 0.2) is 12.5 Å². The Morgan fingerprint density at radius 2 is 1.69 bits per heavy atom. The van der Waals surface area contributed by atoms with Gasteiger partial charge in [0, 0.05) is 13.2 Å². The number of anilines is 1. The first-order valence-electron chi connectivity index (χ1n) is 9.05. The van der Waals surface area contributed by atoms with E-state index in [1.807, 2.05) is 0 Å². The molecule has 0 bridgehead atoms. The van der Waals surface area contributed by atoms with Crippen LogP contribution in [0.4, 0.5) is 5.95 Å². The molecular formula is C17H25N5O7. The van der Waals surface area contributed by atoms with E-state index in [4.69, 9.17) is 29.4 Å². The number of aromatic nitrogens is 4. The van der Waals surface area contributed by atoms with Crippen LogP contribution in [0.1, 0.15) is 13.8 Å².